The lowest BCUT2D eigenvalue weighted by molar-refractivity contribution is 0.401. The molecule has 1 fully saturated rings. The molecule has 0 radical (unpaired) electrons. The lowest BCUT2D eigenvalue weighted by Crippen LogP contribution is -2.34. The molecule has 2 aromatic heterocycles. The number of nitrogens with two attached hydrogens (primary N) is 2. The van der Waals surface area contributed by atoms with Gasteiger partial charge in [0.1, 0.15) is 0 Å². The van der Waals surface area contributed by atoms with Gasteiger partial charge in [-0.15, -0.1) is 0 Å². The van der Waals surface area contributed by atoms with Crippen LogP contribution in [0.3, 0.4) is 0 Å². The Morgan fingerprint density at radius 3 is 2.48 bits per heavy atom. The second-order valence-corrected chi connectivity index (χ2v) is 5.60. The predicted octanol–water partition coefficient (Wildman–Crippen LogP) is 2.10. The van der Waals surface area contributed by atoms with Gasteiger partial charge in [-0.1, -0.05) is 0 Å². The Hall–Kier alpha value is -2.30. The zero-order chi connectivity index (χ0) is 14.7. The van der Waals surface area contributed by atoms with Crippen LogP contribution in [0.15, 0.2) is 36.8 Å². The van der Waals surface area contributed by atoms with E-state index in [1.807, 2.05) is 12.4 Å². The molecule has 0 spiro atoms. The summed E-state index contributed by atoms with van der Waals surface area (Å²) in [6.07, 6.45) is 8.66. The van der Waals surface area contributed by atoms with Crippen molar-refractivity contribution in [1.82, 2.24) is 9.97 Å². The van der Waals surface area contributed by atoms with Crippen LogP contribution in [0.2, 0.25) is 0 Å². The van der Waals surface area contributed by atoms with Crippen LogP contribution in [0.1, 0.15) is 18.5 Å². The van der Waals surface area contributed by atoms with Gasteiger partial charge in [0.15, 0.2) is 0 Å². The Kier molecular flexibility index (Phi) is 3.90. The van der Waals surface area contributed by atoms with E-state index in [0.717, 1.165) is 38.0 Å². The lowest BCUT2D eigenvalue weighted by Gasteiger charge is -2.33. The third-order valence-electron chi connectivity index (χ3n) is 4.23. The average molecular weight is 283 g/mol. The van der Waals surface area contributed by atoms with E-state index in [-0.39, 0.29) is 0 Å². The van der Waals surface area contributed by atoms with Crippen molar-refractivity contribution in [2.45, 2.75) is 19.3 Å². The minimum atomic E-state index is 0.625. The number of hydrogen-bond donors (Lipinski definition) is 2. The van der Waals surface area contributed by atoms with E-state index in [0.29, 0.717) is 17.3 Å². The smallest absolute Gasteiger partial charge is 0.0766 e. The topological polar surface area (TPSA) is 81.1 Å². The van der Waals surface area contributed by atoms with Gasteiger partial charge in [-0.2, -0.15) is 0 Å². The summed E-state index contributed by atoms with van der Waals surface area (Å²) in [6, 6.07) is 5.89. The summed E-state index contributed by atoms with van der Waals surface area (Å²) in [4.78, 5) is 10.9. The molecule has 1 saturated heterocycles. The molecule has 110 valence electrons. The van der Waals surface area contributed by atoms with Crippen LogP contribution in [-0.4, -0.2) is 23.1 Å². The largest absolute Gasteiger partial charge is 0.397 e. The number of nitrogens with zero attached hydrogens (tertiary/aromatic N) is 3. The third kappa shape index (κ3) is 3.07. The third-order valence-corrected chi connectivity index (χ3v) is 4.23. The highest BCUT2D eigenvalue weighted by molar-refractivity contribution is 5.65. The van der Waals surface area contributed by atoms with Crippen LogP contribution in [0.25, 0.3) is 0 Å². The van der Waals surface area contributed by atoms with Gasteiger partial charge in [0.25, 0.3) is 0 Å². The molecule has 3 rings (SSSR count). The standard InChI is InChI=1S/C16H21N5/c17-14-3-8-20-15(16(14)18)11-12-4-9-21(10-5-12)13-1-6-19-7-2-13/h1-3,6-8,12H,4-5,9-11,18H2,(H2,17,20). The number of pyridine rings is 2. The minimum absolute atomic E-state index is 0.625. The van der Waals surface area contributed by atoms with E-state index >= 15 is 0 Å². The van der Waals surface area contributed by atoms with Crippen LogP contribution >= 0.6 is 0 Å². The van der Waals surface area contributed by atoms with E-state index in [1.165, 1.54) is 5.69 Å². The Labute approximate surface area is 125 Å². The molecule has 5 heteroatoms. The molecular formula is C16H21N5. The average Bonchev–Trinajstić information content (AvgIpc) is 2.53. The van der Waals surface area contributed by atoms with Crippen molar-refractivity contribution < 1.29 is 0 Å². The molecule has 3 heterocycles. The SMILES string of the molecule is Nc1ccnc(CC2CCN(c3ccncc3)CC2)c1N. The molecule has 0 aliphatic carbocycles. The fourth-order valence-corrected chi connectivity index (χ4v) is 2.92. The zero-order valence-corrected chi connectivity index (χ0v) is 12.1. The van der Waals surface area contributed by atoms with E-state index in [1.54, 1.807) is 12.3 Å². The molecule has 0 aromatic carbocycles. The van der Waals surface area contributed by atoms with Crippen molar-refractivity contribution in [3.63, 3.8) is 0 Å². The Bertz CT molecular complexity index is 591. The van der Waals surface area contributed by atoms with Gasteiger partial charge in [0, 0.05) is 37.4 Å². The molecule has 21 heavy (non-hydrogen) atoms. The highest BCUT2D eigenvalue weighted by atomic mass is 15.1. The summed E-state index contributed by atoms with van der Waals surface area (Å²) in [7, 11) is 0. The first kappa shape index (κ1) is 13.7. The van der Waals surface area contributed by atoms with Crippen molar-refractivity contribution in [3.05, 3.63) is 42.5 Å². The number of aromatic nitrogens is 2. The number of rotatable bonds is 3. The van der Waals surface area contributed by atoms with Crippen molar-refractivity contribution in [2.24, 2.45) is 5.92 Å². The molecule has 2 aromatic rings. The quantitative estimate of drug-likeness (QED) is 0.901. The number of piperidine rings is 1. The van der Waals surface area contributed by atoms with E-state index in [2.05, 4.69) is 27.0 Å². The van der Waals surface area contributed by atoms with Crippen molar-refractivity contribution >= 4 is 17.1 Å². The second-order valence-electron chi connectivity index (χ2n) is 5.60. The minimum Gasteiger partial charge on any atom is -0.397 e. The van der Waals surface area contributed by atoms with Crippen molar-refractivity contribution in [2.75, 3.05) is 29.5 Å². The summed E-state index contributed by atoms with van der Waals surface area (Å²) in [5, 5.41) is 0. The predicted molar refractivity (Wildman–Crippen MR) is 85.9 cm³/mol. The second kappa shape index (κ2) is 5.99. The summed E-state index contributed by atoms with van der Waals surface area (Å²) in [5.74, 6) is 0.625. The van der Waals surface area contributed by atoms with Gasteiger partial charge < -0.3 is 16.4 Å². The van der Waals surface area contributed by atoms with Crippen molar-refractivity contribution in [3.8, 4) is 0 Å². The monoisotopic (exact) mass is 283 g/mol. The van der Waals surface area contributed by atoms with E-state index in [9.17, 15) is 0 Å². The molecule has 0 amide bonds. The fraction of sp³-hybridized carbons (Fsp3) is 0.375. The number of nitrogen functional groups attached to an aromatic ring is 2. The summed E-state index contributed by atoms with van der Waals surface area (Å²) >= 11 is 0. The number of anilines is 3. The van der Waals surface area contributed by atoms with Gasteiger partial charge in [-0.05, 0) is 43.4 Å². The molecule has 4 N–H and O–H groups in total. The Morgan fingerprint density at radius 2 is 1.76 bits per heavy atom. The van der Waals surface area contributed by atoms with Gasteiger partial charge >= 0.3 is 0 Å². The fourth-order valence-electron chi connectivity index (χ4n) is 2.92. The Balaban J connectivity index is 1.60. The zero-order valence-electron chi connectivity index (χ0n) is 12.1. The Morgan fingerprint density at radius 1 is 1.05 bits per heavy atom. The molecule has 5 nitrogen and oxygen atoms in total. The molecule has 0 atom stereocenters. The molecule has 0 bridgehead atoms. The lowest BCUT2D eigenvalue weighted by atomic mass is 9.91. The normalized spacial score (nSPS) is 16.1. The molecule has 0 unspecified atom stereocenters. The van der Waals surface area contributed by atoms with E-state index in [4.69, 9.17) is 11.5 Å². The maximum absolute atomic E-state index is 6.01. The molecule has 1 aliphatic rings. The van der Waals surface area contributed by atoms with Crippen molar-refractivity contribution in [1.29, 1.82) is 0 Å². The molecular weight excluding hydrogens is 262 g/mol. The highest BCUT2D eigenvalue weighted by Crippen LogP contribution is 2.27. The maximum Gasteiger partial charge on any atom is 0.0766 e. The number of hydrogen-bond acceptors (Lipinski definition) is 5. The van der Waals surface area contributed by atoms with Gasteiger partial charge in [-0.25, -0.2) is 0 Å². The van der Waals surface area contributed by atoms with Crippen LogP contribution in [-0.2, 0) is 6.42 Å². The first-order valence-corrected chi connectivity index (χ1v) is 7.38. The van der Waals surface area contributed by atoms with Crippen LogP contribution < -0.4 is 16.4 Å². The summed E-state index contributed by atoms with van der Waals surface area (Å²) in [6.45, 7) is 2.13. The first-order valence-electron chi connectivity index (χ1n) is 7.38. The molecule has 0 saturated carbocycles. The van der Waals surface area contributed by atoms with Crippen LogP contribution in [0, 0.1) is 5.92 Å². The van der Waals surface area contributed by atoms with E-state index < -0.39 is 0 Å². The maximum atomic E-state index is 6.01. The van der Waals surface area contributed by atoms with Crippen LogP contribution in [0.4, 0.5) is 17.1 Å². The van der Waals surface area contributed by atoms with Gasteiger partial charge in [0.05, 0.1) is 17.1 Å². The highest BCUT2D eigenvalue weighted by Gasteiger charge is 2.21. The summed E-state index contributed by atoms with van der Waals surface area (Å²) < 4.78 is 0. The first-order chi connectivity index (χ1) is 10.2. The van der Waals surface area contributed by atoms with Crippen LogP contribution in [0.5, 0.6) is 0 Å². The summed E-state index contributed by atoms with van der Waals surface area (Å²) in [5.41, 5.74) is 15.3. The van der Waals surface area contributed by atoms with Gasteiger partial charge in [-0.3, -0.25) is 9.97 Å². The van der Waals surface area contributed by atoms with Gasteiger partial charge in [0.2, 0.25) is 0 Å². The molecule has 1 aliphatic heterocycles.